The van der Waals surface area contributed by atoms with Gasteiger partial charge in [0.15, 0.2) is 0 Å². The van der Waals surface area contributed by atoms with Gasteiger partial charge in [-0.15, -0.1) is 0 Å². The molecule has 1 aromatic heterocycles. The molecule has 188 valence electrons. The molecule has 0 aliphatic rings. The van der Waals surface area contributed by atoms with E-state index in [1.807, 2.05) is 36.4 Å². The monoisotopic (exact) mass is 513 g/mol. The highest BCUT2D eigenvalue weighted by Crippen LogP contribution is 2.30. The molecule has 0 unspecified atom stereocenters. The van der Waals surface area contributed by atoms with Gasteiger partial charge in [-0.1, -0.05) is 42.5 Å². The van der Waals surface area contributed by atoms with Crippen LogP contribution in [0.5, 0.6) is 0 Å². The molecule has 9 heteroatoms. The predicted molar refractivity (Wildman–Crippen MR) is 135 cm³/mol. The number of halogens is 3. The van der Waals surface area contributed by atoms with Crippen molar-refractivity contribution in [1.82, 2.24) is 15.0 Å². The van der Waals surface area contributed by atoms with Crippen molar-refractivity contribution < 1.29 is 21.6 Å². The van der Waals surface area contributed by atoms with Crippen LogP contribution in [0.2, 0.25) is 0 Å². The minimum absolute atomic E-state index is 0.198. The van der Waals surface area contributed by atoms with E-state index in [1.54, 1.807) is 24.5 Å². The molecule has 0 saturated heterocycles. The number of pyridine rings is 1. The van der Waals surface area contributed by atoms with Crippen molar-refractivity contribution in [2.45, 2.75) is 23.9 Å². The predicted octanol–water partition coefficient (Wildman–Crippen LogP) is 5.42. The molecule has 0 saturated carbocycles. The highest BCUT2D eigenvalue weighted by Gasteiger charge is 2.29. The Labute approximate surface area is 208 Å². The van der Waals surface area contributed by atoms with Crippen molar-refractivity contribution in [3.05, 3.63) is 96.3 Å². The minimum atomic E-state index is -4.33. The Morgan fingerprint density at radius 3 is 2.31 bits per heavy atom. The van der Waals surface area contributed by atoms with E-state index in [1.165, 1.54) is 12.1 Å². The number of hydrogen-bond acceptors (Lipinski definition) is 4. The van der Waals surface area contributed by atoms with E-state index in [9.17, 15) is 21.6 Å². The lowest BCUT2D eigenvalue weighted by molar-refractivity contribution is -0.137. The lowest BCUT2D eigenvalue weighted by atomic mass is 10.0. The maximum absolute atomic E-state index is 13.2. The number of aromatic nitrogens is 1. The Morgan fingerprint density at radius 2 is 1.58 bits per heavy atom. The summed E-state index contributed by atoms with van der Waals surface area (Å²) in [6.45, 7) is 1.23. The molecule has 0 atom stereocenters. The molecule has 1 heterocycles. The van der Waals surface area contributed by atoms with E-state index < -0.39 is 21.8 Å². The van der Waals surface area contributed by atoms with Crippen LogP contribution in [0.25, 0.3) is 21.9 Å². The van der Waals surface area contributed by atoms with Crippen molar-refractivity contribution in [1.29, 1.82) is 0 Å². The normalized spacial score (nSPS) is 12.2. The van der Waals surface area contributed by atoms with Crippen molar-refractivity contribution in [2.24, 2.45) is 0 Å². The molecule has 0 fully saturated rings. The second-order valence-corrected chi connectivity index (χ2v) is 10.1. The summed E-state index contributed by atoms with van der Waals surface area (Å²) in [6.07, 6.45) is 0.234. The Kier molecular flexibility index (Phi) is 8.03. The van der Waals surface area contributed by atoms with Gasteiger partial charge in [-0.2, -0.15) is 13.2 Å². The van der Waals surface area contributed by atoms with E-state index in [2.05, 4.69) is 15.0 Å². The second kappa shape index (κ2) is 11.2. The summed E-state index contributed by atoms with van der Waals surface area (Å²) in [5.41, 5.74) is 1.87. The van der Waals surface area contributed by atoms with E-state index >= 15 is 0 Å². The summed E-state index contributed by atoms with van der Waals surface area (Å²) in [5, 5.41) is 4.51. The first-order chi connectivity index (χ1) is 17.2. The smallest absolute Gasteiger partial charge is 0.315 e. The Hall–Kier alpha value is -3.27. The van der Waals surface area contributed by atoms with Gasteiger partial charge in [0.05, 0.1) is 10.5 Å². The number of sulfonamides is 1. The maximum Gasteiger partial charge on any atom is 0.416 e. The lowest BCUT2D eigenvalue weighted by Crippen LogP contribution is -2.32. The molecule has 3 aromatic carbocycles. The van der Waals surface area contributed by atoms with Crippen molar-refractivity contribution in [2.75, 3.05) is 19.6 Å². The van der Waals surface area contributed by atoms with Crippen LogP contribution in [0, 0.1) is 0 Å². The zero-order valence-electron chi connectivity index (χ0n) is 19.4. The number of benzene rings is 3. The number of hydrogen-bond donors (Lipinski definition) is 2. The van der Waals surface area contributed by atoms with Crippen molar-refractivity contribution in [3.63, 3.8) is 0 Å². The highest BCUT2D eigenvalue weighted by atomic mass is 32.2. The van der Waals surface area contributed by atoms with Crippen LogP contribution in [0.15, 0.2) is 90.1 Å². The van der Waals surface area contributed by atoms with Gasteiger partial charge in [0, 0.05) is 36.3 Å². The van der Waals surface area contributed by atoms with Gasteiger partial charge in [-0.25, -0.2) is 13.1 Å². The molecule has 2 N–H and O–H groups in total. The van der Waals surface area contributed by atoms with Crippen LogP contribution in [0.4, 0.5) is 13.2 Å². The molecule has 0 amide bonds. The molecule has 0 bridgehead atoms. The fourth-order valence-electron chi connectivity index (χ4n) is 3.95. The minimum Gasteiger partial charge on any atom is -0.315 e. The van der Waals surface area contributed by atoms with Crippen LogP contribution in [0.1, 0.15) is 17.5 Å². The van der Waals surface area contributed by atoms with Crippen molar-refractivity contribution in [3.8, 4) is 11.1 Å². The first-order valence-electron chi connectivity index (χ1n) is 11.5. The van der Waals surface area contributed by atoms with Crippen LogP contribution < -0.4 is 10.0 Å². The zero-order valence-corrected chi connectivity index (χ0v) is 20.2. The Balaban J connectivity index is 1.32. The number of nitrogens with zero attached hydrogens (tertiary/aromatic N) is 1. The van der Waals surface area contributed by atoms with Crippen LogP contribution in [-0.2, 0) is 22.6 Å². The largest absolute Gasteiger partial charge is 0.416 e. The molecular formula is C27H26F3N3O2S. The molecule has 0 spiro atoms. The first-order valence-corrected chi connectivity index (χ1v) is 13.0. The zero-order chi connectivity index (χ0) is 25.6. The summed E-state index contributed by atoms with van der Waals surface area (Å²) < 4.78 is 66.9. The SMILES string of the molecule is O=S(=O)(NCCNCCCc1ccc(C(F)(F)F)cc1)c1cc(-c2ccccc2)cc2cnccc12. The standard InChI is InChI=1S/C27H26F3N3O2S/c28-27(29,30)24-10-8-20(9-11-24)5-4-13-31-15-16-33-36(34,35)26-18-22(21-6-2-1-3-7-21)17-23-19-32-14-12-25(23)26/h1-3,6-12,14,17-19,31,33H,4-5,13,15-16H2. The number of nitrogens with one attached hydrogen (secondary N) is 2. The summed E-state index contributed by atoms with van der Waals surface area (Å²) in [4.78, 5) is 4.33. The fraction of sp³-hybridized carbons (Fsp3) is 0.222. The van der Waals surface area contributed by atoms with Gasteiger partial charge in [0.1, 0.15) is 0 Å². The fourth-order valence-corrected chi connectivity index (χ4v) is 5.23. The third kappa shape index (κ3) is 6.48. The van der Waals surface area contributed by atoms with Gasteiger partial charge in [0.25, 0.3) is 0 Å². The van der Waals surface area contributed by atoms with E-state index in [-0.39, 0.29) is 11.4 Å². The maximum atomic E-state index is 13.2. The third-order valence-corrected chi connectivity index (χ3v) is 7.31. The Morgan fingerprint density at radius 1 is 0.833 bits per heavy atom. The second-order valence-electron chi connectivity index (χ2n) is 8.38. The quantitative estimate of drug-likeness (QED) is 0.278. The molecule has 0 radical (unpaired) electrons. The average Bonchev–Trinajstić information content (AvgIpc) is 2.87. The Bertz CT molecular complexity index is 1410. The molecule has 0 aliphatic carbocycles. The van der Waals surface area contributed by atoms with Crippen LogP contribution in [0.3, 0.4) is 0 Å². The van der Waals surface area contributed by atoms with Crippen LogP contribution in [-0.4, -0.2) is 33.0 Å². The third-order valence-electron chi connectivity index (χ3n) is 5.81. The summed E-state index contributed by atoms with van der Waals surface area (Å²) in [6, 6.07) is 20.0. The van der Waals surface area contributed by atoms with E-state index in [4.69, 9.17) is 0 Å². The topological polar surface area (TPSA) is 71.1 Å². The van der Waals surface area contributed by atoms with Gasteiger partial charge in [0.2, 0.25) is 10.0 Å². The number of fused-ring (bicyclic) bond motifs is 1. The van der Waals surface area contributed by atoms with E-state index in [0.29, 0.717) is 24.9 Å². The summed E-state index contributed by atoms with van der Waals surface area (Å²) in [7, 11) is -3.78. The lowest BCUT2D eigenvalue weighted by Gasteiger charge is -2.13. The number of alkyl halides is 3. The summed E-state index contributed by atoms with van der Waals surface area (Å²) >= 11 is 0. The molecule has 0 aliphatic heterocycles. The molecular weight excluding hydrogens is 487 g/mol. The molecule has 4 rings (SSSR count). The molecule has 5 nitrogen and oxygen atoms in total. The molecule has 36 heavy (non-hydrogen) atoms. The summed E-state index contributed by atoms with van der Waals surface area (Å²) in [5.74, 6) is 0. The van der Waals surface area contributed by atoms with Gasteiger partial charge >= 0.3 is 6.18 Å². The number of rotatable bonds is 10. The number of aryl methyl sites for hydroxylation is 1. The highest BCUT2D eigenvalue weighted by molar-refractivity contribution is 7.89. The van der Waals surface area contributed by atoms with Crippen molar-refractivity contribution >= 4 is 20.8 Å². The van der Waals surface area contributed by atoms with Crippen LogP contribution >= 0.6 is 0 Å². The van der Waals surface area contributed by atoms with Gasteiger partial charge in [-0.05, 0) is 66.4 Å². The van der Waals surface area contributed by atoms with Gasteiger partial charge < -0.3 is 5.32 Å². The van der Waals surface area contributed by atoms with E-state index in [0.717, 1.165) is 40.6 Å². The average molecular weight is 514 g/mol. The van der Waals surface area contributed by atoms with Gasteiger partial charge in [-0.3, -0.25) is 4.98 Å². The molecule has 4 aromatic rings. The first kappa shape index (κ1) is 25.8.